The normalized spacial score (nSPS) is 28.3. The second kappa shape index (κ2) is 4.08. The minimum atomic E-state index is 0.553. The summed E-state index contributed by atoms with van der Waals surface area (Å²) in [5.74, 6) is 0. The van der Waals surface area contributed by atoms with Gasteiger partial charge in [0.25, 0.3) is 0 Å². The van der Waals surface area contributed by atoms with Gasteiger partial charge in [-0.25, -0.2) is 0 Å². The van der Waals surface area contributed by atoms with Gasteiger partial charge in [-0.2, -0.15) is 0 Å². The zero-order chi connectivity index (χ0) is 9.03. The maximum absolute atomic E-state index is 3.72. The van der Waals surface area contributed by atoms with Crippen molar-refractivity contribution in [1.82, 2.24) is 5.32 Å². The van der Waals surface area contributed by atoms with Crippen molar-refractivity contribution in [3.63, 3.8) is 0 Å². The largest absolute Gasteiger partial charge is 0.311 e. The van der Waals surface area contributed by atoms with Crippen molar-refractivity contribution in [3.05, 3.63) is 12.7 Å². The Labute approximate surface area is 76.2 Å². The predicted octanol–water partition coefficient (Wildman–Crippen LogP) is 2.73. The summed E-state index contributed by atoms with van der Waals surface area (Å²) in [6, 6.07) is 0.728. The third kappa shape index (κ3) is 2.98. The molecule has 1 unspecified atom stereocenters. The molecule has 1 fully saturated rings. The van der Waals surface area contributed by atoms with Crippen LogP contribution in [-0.4, -0.2) is 12.6 Å². The molecule has 1 aliphatic carbocycles. The molecule has 0 heterocycles. The highest BCUT2D eigenvalue weighted by Crippen LogP contribution is 2.34. The molecule has 0 amide bonds. The minimum Gasteiger partial charge on any atom is -0.311 e. The molecule has 0 aromatic carbocycles. The number of hydrogen-bond donors (Lipinski definition) is 1. The molecule has 12 heavy (non-hydrogen) atoms. The van der Waals surface area contributed by atoms with Crippen LogP contribution in [0.15, 0.2) is 12.7 Å². The van der Waals surface area contributed by atoms with Gasteiger partial charge < -0.3 is 5.32 Å². The lowest BCUT2D eigenvalue weighted by Crippen LogP contribution is -2.37. The third-order valence-electron chi connectivity index (χ3n) is 2.76. The average molecular weight is 167 g/mol. The Morgan fingerprint density at radius 3 is 2.92 bits per heavy atom. The van der Waals surface area contributed by atoms with E-state index in [1.165, 1.54) is 25.7 Å². The topological polar surface area (TPSA) is 12.0 Å². The van der Waals surface area contributed by atoms with E-state index in [2.05, 4.69) is 25.7 Å². The molecule has 0 spiro atoms. The fraction of sp³-hybridized carbons (Fsp3) is 0.818. The Morgan fingerprint density at radius 1 is 1.58 bits per heavy atom. The molecule has 1 aliphatic rings. The van der Waals surface area contributed by atoms with E-state index < -0.39 is 0 Å². The van der Waals surface area contributed by atoms with Gasteiger partial charge in [0.1, 0.15) is 0 Å². The molecule has 0 saturated heterocycles. The van der Waals surface area contributed by atoms with Gasteiger partial charge >= 0.3 is 0 Å². The highest BCUT2D eigenvalue weighted by atomic mass is 14.9. The Balaban J connectivity index is 2.31. The van der Waals surface area contributed by atoms with Crippen molar-refractivity contribution < 1.29 is 0 Å². The lowest BCUT2D eigenvalue weighted by molar-refractivity contribution is 0.201. The lowest BCUT2D eigenvalue weighted by atomic mass is 9.75. The average Bonchev–Trinajstić information content (AvgIpc) is 1.99. The van der Waals surface area contributed by atoms with Crippen LogP contribution in [0.4, 0.5) is 0 Å². The van der Waals surface area contributed by atoms with Crippen LogP contribution in [0.3, 0.4) is 0 Å². The molecule has 1 saturated carbocycles. The molecule has 0 aromatic rings. The predicted molar refractivity (Wildman–Crippen MR) is 54.2 cm³/mol. The fourth-order valence-electron chi connectivity index (χ4n) is 2.12. The second-order valence-electron chi connectivity index (χ2n) is 4.65. The molecule has 1 N–H and O–H groups in total. The molecular weight excluding hydrogens is 146 g/mol. The van der Waals surface area contributed by atoms with E-state index in [0.717, 1.165) is 12.6 Å². The van der Waals surface area contributed by atoms with Crippen LogP contribution in [0.1, 0.15) is 39.5 Å². The van der Waals surface area contributed by atoms with E-state index in [9.17, 15) is 0 Å². The number of rotatable bonds is 3. The van der Waals surface area contributed by atoms with Crippen molar-refractivity contribution in [2.75, 3.05) is 6.54 Å². The molecule has 0 radical (unpaired) electrons. The summed E-state index contributed by atoms with van der Waals surface area (Å²) in [7, 11) is 0. The van der Waals surface area contributed by atoms with E-state index >= 15 is 0 Å². The maximum Gasteiger partial charge on any atom is 0.0134 e. The zero-order valence-electron chi connectivity index (χ0n) is 8.40. The molecular formula is C11H21N. The number of hydrogen-bond acceptors (Lipinski definition) is 1. The summed E-state index contributed by atoms with van der Waals surface area (Å²) >= 11 is 0. The SMILES string of the molecule is C=CCNC1CCCC(C)(C)C1. The van der Waals surface area contributed by atoms with E-state index in [-0.39, 0.29) is 0 Å². The van der Waals surface area contributed by atoms with Gasteiger partial charge in [-0.15, -0.1) is 6.58 Å². The summed E-state index contributed by atoms with van der Waals surface area (Å²) in [6.45, 7) is 9.42. The molecule has 0 aliphatic heterocycles. The zero-order valence-corrected chi connectivity index (χ0v) is 8.40. The van der Waals surface area contributed by atoms with Crippen LogP contribution >= 0.6 is 0 Å². The van der Waals surface area contributed by atoms with Crippen molar-refractivity contribution in [2.24, 2.45) is 5.41 Å². The molecule has 1 atom stereocenters. The standard InChI is InChI=1S/C11H21N/c1-4-8-12-10-6-5-7-11(2,3)9-10/h4,10,12H,1,5-9H2,2-3H3. The molecule has 1 rings (SSSR count). The highest BCUT2D eigenvalue weighted by Gasteiger charge is 2.26. The first-order valence-corrected chi connectivity index (χ1v) is 4.98. The molecule has 1 heteroatoms. The summed E-state index contributed by atoms with van der Waals surface area (Å²) in [4.78, 5) is 0. The summed E-state index contributed by atoms with van der Waals surface area (Å²) in [5, 5.41) is 3.51. The third-order valence-corrected chi connectivity index (χ3v) is 2.76. The van der Waals surface area contributed by atoms with Crippen molar-refractivity contribution >= 4 is 0 Å². The first kappa shape index (κ1) is 9.79. The molecule has 0 bridgehead atoms. The maximum atomic E-state index is 3.72. The first-order chi connectivity index (χ1) is 5.64. The molecule has 1 nitrogen and oxygen atoms in total. The Hall–Kier alpha value is -0.300. The lowest BCUT2D eigenvalue weighted by Gasteiger charge is -2.35. The molecule has 70 valence electrons. The Morgan fingerprint density at radius 2 is 2.33 bits per heavy atom. The monoisotopic (exact) mass is 167 g/mol. The Kier molecular flexibility index (Phi) is 3.33. The minimum absolute atomic E-state index is 0.553. The van der Waals surface area contributed by atoms with E-state index in [0.29, 0.717) is 5.41 Å². The van der Waals surface area contributed by atoms with E-state index in [1.54, 1.807) is 0 Å². The summed E-state index contributed by atoms with van der Waals surface area (Å²) < 4.78 is 0. The van der Waals surface area contributed by atoms with E-state index in [4.69, 9.17) is 0 Å². The smallest absolute Gasteiger partial charge is 0.0134 e. The van der Waals surface area contributed by atoms with Crippen LogP contribution in [0.2, 0.25) is 0 Å². The second-order valence-corrected chi connectivity index (χ2v) is 4.65. The van der Waals surface area contributed by atoms with Crippen LogP contribution in [-0.2, 0) is 0 Å². The van der Waals surface area contributed by atoms with Gasteiger partial charge in [-0.1, -0.05) is 26.3 Å². The fourth-order valence-corrected chi connectivity index (χ4v) is 2.12. The van der Waals surface area contributed by atoms with Gasteiger partial charge in [0.05, 0.1) is 0 Å². The van der Waals surface area contributed by atoms with Gasteiger partial charge in [0, 0.05) is 12.6 Å². The van der Waals surface area contributed by atoms with Gasteiger partial charge in [0.15, 0.2) is 0 Å². The van der Waals surface area contributed by atoms with E-state index in [1.807, 2.05) is 6.08 Å². The first-order valence-electron chi connectivity index (χ1n) is 4.98. The van der Waals surface area contributed by atoms with Gasteiger partial charge in [-0.3, -0.25) is 0 Å². The van der Waals surface area contributed by atoms with Gasteiger partial charge in [0.2, 0.25) is 0 Å². The van der Waals surface area contributed by atoms with Crippen molar-refractivity contribution in [1.29, 1.82) is 0 Å². The van der Waals surface area contributed by atoms with Crippen LogP contribution in [0.25, 0.3) is 0 Å². The summed E-state index contributed by atoms with van der Waals surface area (Å²) in [5.41, 5.74) is 0.553. The molecule has 0 aromatic heterocycles. The van der Waals surface area contributed by atoms with Crippen molar-refractivity contribution in [3.8, 4) is 0 Å². The quantitative estimate of drug-likeness (QED) is 0.637. The summed E-state index contributed by atoms with van der Waals surface area (Å²) in [6.07, 6.45) is 7.38. The highest BCUT2D eigenvalue weighted by molar-refractivity contribution is 4.85. The van der Waals surface area contributed by atoms with Gasteiger partial charge in [-0.05, 0) is 24.7 Å². The number of nitrogens with one attached hydrogen (secondary N) is 1. The van der Waals surface area contributed by atoms with Crippen LogP contribution in [0.5, 0.6) is 0 Å². The Bertz CT molecular complexity index is 149. The van der Waals surface area contributed by atoms with Crippen LogP contribution in [0, 0.1) is 5.41 Å². The van der Waals surface area contributed by atoms with Crippen molar-refractivity contribution in [2.45, 2.75) is 45.6 Å². The van der Waals surface area contributed by atoms with Crippen LogP contribution < -0.4 is 5.32 Å².